The topological polar surface area (TPSA) is 78.1 Å². The van der Waals surface area contributed by atoms with Gasteiger partial charge in [0.15, 0.2) is 0 Å². The molecule has 0 unspecified atom stereocenters. The van der Waals surface area contributed by atoms with Gasteiger partial charge in [-0.3, -0.25) is 9.59 Å². The molecule has 2 fully saturated rings. The van der Waals surface area contributed by atoms with Crippen LogP contribution < -0.4 is 5.32 Å². The highest BCUT2D eigenvalue weighted by Crippen LogP contribution is 2.36. The average Bonchev–Trinajstić information content (AvgIpc) is 3.52. The van der Waals surface area contributed by atoms with Gasteiger partial charge in [-0.1, -0.05) is 18.9 Å². The lowest BCUT2D eigenvalue weighted by molar-refractivity contribution is -0.136. The van der Waals surface area contributed by atoms with Gasteiger partial charge in [-0.25, -0.2) is 0 Å². The Morgan fingerprint density at radius 2 is 1.79 bits per heavy atom. The number of nitrogens with zero attached hydrogens (tertiary/aromatic N) is 3. The summed E-state index contributed by atoms with van der Waals surface area (Å²) in [5, 5.41) is 13.2. The van der Waals surface area contributed by atoms with E-state index in [1.165, 1.54) is 18.4 Å². The van der Waals surface area contributed by atoms with E-state index in [1.54, 1.807) is 24.3 Å². The maximum absolute atomic E-state index is 12.8. The van der Waals surface area contributed by atoms with Crippen molar-refractivity contribution in [2.24, 2.45) is 13.0 Å². The van der Waals surface area contributed by atoms with Gasteiger partial charge in [-0.15, -0.1) is 0 Å². The molecule has 6 nitrogen and oxygen atoms in total. The van der Waals surface area contributed by atoms with Gasteiger partial charge in [0.2, 0.25) is 5.91 Å². The number of piperidine rings is 1. The Bertz CT molecular complexity index is 1270. The molecular formula is C28H30N4O2. The van der Waals surface area contributed by atoms with E-state index in [1.807, 2.05) is 18.2 Å². The Labute approximate surface area is 200 Å². The molecule has 1 saturated carbocycles. The third-order valence-electron chi connectivity index (χ3n) is 7.48. The summed E-state index contributed by atoms with van der Waals surface area (Å²) in [5.41, 5.74) is 4.08. The standard InChI is InChI=1S/C28H30N4O2/c1-31-18-25(20-11-13-32(14-12-20)28(34)21-6-2-3-7-21)24-16-23(9-10-26(24)31)30-27(33)22-8-4-5-19(15-22)17-29/h4-5,8-10,15-16,18,20-21H,2-3,6-7,11-14H2,1H3,(H,30,33). The second-order valence-electron chi connectivity index (χ2n) is 9.65. The Hall–Kier alpha value is -3.59. The molecule has 1 saturated heterocycles. The van der Waals surface area contributed by atoms with Crippen molar-refractivity contribution in [2.45, 2.75) is 44.4 Å². The maximum atomic E-state index is 12.8. The van der Waals surface area contributed by atoms with Gasteiger partial charge in [-0.2, -0.15) is 5.26 Å². The zero-order valence-corrected chi connectivity index (χ0v) is 19.6. The number of aryl methyl sites for hydroxylation is 1. The first kappa shape index (κ1) is 22.2. The summed E-state index contributed by atoms with van der Waals surface area (Å²) in [6.07, 6.45) is 8.61. The minimum atomic E-state index is -0.229. The van der Waals surface area contributed by atoms with Crippen LogP contribution in [0.2, 0.25) is 0 Å². The molecule has 2 aromatic carbocycles. The Kier molecular flexibility index (Phi) is 6.10. The highest BCUT2D eigenvalue weighted by atomic mass is 16.2. The van der Waals surface area contributed by atoms with Gasteiger partial charge >= 0.3 is 0 Å². The van der Waals surface area contributed by atoms with E-state index in [0.29, 0.717) is 23.0 Å². The van der Waals surface area contributed by atoms with Crippen molar-refractivity contribution >= 4 is 28.4 Å². The van der Waals surface area contributed by atoms with Crippen LogP contribution in [-0.4, -0.2) is 34.4 Å². The highest BCUT2D eigenvalue weighted by Gasteiger charge is 2.31. The van der Waals surface area contributed by atoms with E-state index in [2.05, 4.69) is 34.1 Å². The van der Waals surface area contributed by atoms with Crippen molar-refractivity contribution in [3.05, 3.63) is 65.4 Å². The number of fused-ring (bicyclic) bond motifs is 1. The lowest BCUT2D eigenvalue weighted by atomic mass is 9.88. The van der Waals surface area contributed by atoms with Crippen LogP contribution in [0.1, 0.15) is 65.9 Å². The molecule has 1 aliphatic heterocycles. The molecule has 1 aromatic heterocycles. The normalized spacial score (nSPS) is 17.1. The van der Waals surface area contributed by atoms with Crippen molar-refractivity contribution in [1.29, 1.82) is 5.26 Å². The quantitative estimate of drug-likeness (QED) is 0.589. The minimum absolute atomic E-state index is 0.229. The molecule has 5 rings (SSSR count). The first-order valence-corrected chi connectivity index (χ1v) is 12.2. The summed E-state index contributed by atoms with van der Waals surface area (Å²) < 4.78 is 2.14. The van der Waals surface area contributed by atoms with Crippen molar-refractivity contribution in [3.63, 3.8) is 0 Å². The molecule has 3 aromatic rings. The number of carbonyl (C=O) groups is 2. The molecular weight excluding hydrogens is 424 g/mol. The fraction of sp³-hybridized carbons (Fsp3) is 0.393. The van der Waals surface area contributed by atoms with Gasteiger partial charge in [0, 0.05) is 54.4 Å². The summed E-state index contributed by atoms with van der Waals surface area (Å²) in [4.78, 5) is 27.7. The van der Waals surface area contributed by atoms with E-state index in [9.17, 15) is 9.59 Å². The average molecular weight is 455 g/mol. The molecule has 34 heavy (non-hydrogen) atoms. The number of nitrogens with one attached hydrogen (secondary N) is 1. The van der Waals surface area contributed by atoms with Crippen LogP contribution in [0.15, 0.2) is 48.7 Å². The number of rotatable bonds is 4. The molecule has 0 bridgehead atoms. The number of benzene rings is 2. The minimum Gasteiger partial charge on any atom is -0.350 e. The van der Waals surface area contributed by atoms with E-state index in [-0.39, 0.29) is 11.8 Å². The number of amides is 2. The number of aromatic nitrogens is 1. The van der Waals surface area contributed by atoms with E-state index >= 15 is 0 Å². The molecule has 1 aliphatic carbocycles. The van der Waals surface area contributed by atoms with Crippen molar-refractivity contribution < 1.29 is 9.59 Å². The monoisotopic (exact) mass is 454 g/mol. The van der Waals surface area contributed by atoms with E-state index in [0.717, 1.165) is 55.4 Å². The fourth-order valence-corrected chi connectivity index (χ4v) is 5.60. The number of anilines is 1. The van der Waals surface area contributed by atoms with Gasteiger partial charge in [0.25, 0.3) is 5.91 Å². The Morgan fingerprint density at radius 1 is 1.03 bits per heavy atom. The third-order valence-corrected chi connectivity index (χ3v) is 7.48. The third kappa shape index (κ3) is 4.31. The molecule has 6 heteroatoms. The lowest BCUT2D eigenvalue weighted by Crippen LogP contribution is -2.40. The summed E-state index contributed by atoms with van der Waals surface area (Å²) >= 11 is 0. The second kappa shape index (κ2) is 9.34. The SMILES string of the molecule is Cn1cc(C2CCN(C(=O)C3CCCC3)CC2)c2cc(NC(=O)c3cccc(C#N)c3)ccc21. The van der Waals surface area contributed by atoms with Gasteiger partial charge in [-0.05, 0) is 73.6 Å². The first-order valence-electron chi connectivity index (χ1n) is 12.2. The van der Waals surface area contributed by atoms with Crippen LogP contribution in [0.25, 0.3) is 10.9 Å². The van der Waals surface area contributed by atoms with E-state index < -0.39 is 0 Å². The number of nitriles is 1. The second-order valence-corrected chi connectivity index (χ2v) is 9.65. The van der Waals surface area contributed by atoms with Crippen LogP contribution in [0.4, 0.5) is 5.69 Å². The van der Waals surface area contributed by atoms with Crippen molar-refractivity contribution in [1.82, 2.24) is 9.47 Å². The molecule has 2 heterocycles. The number of hydrogen-bond donors (Lipinski definition) is 1. The summed E-state index contributed by atoms with van der Waals surface area (Å²) in [7, 11) is 2.05. The van der Waals surface area contributed by atoms with Gasteiger partial charge < -0.3 is 14.8 Å². The number of carbonyl (C=O) groups excluding carboxylic acids is 2. The fourth-order valence-electron chi connectivity index (χ4n) is 5.60. The first-order chi connectivity index (χ1) is 16.5. The molecule has 174 valence electrons. The van der Waals surface area contributed by atoms with Crippen LogP contribution in [0.5, 0.6) is 0 Å². The summed E-state index contributed by atoms with van der Waals surface area (Å²) in [6.45, 7) is 1.64. The molecule has 2 aliphatic rings. The predicted molar refractivity (Wildman–Crippen MR) is 133 cm³/mol. The number of likely N-dealkylation sites (tertiary alicyclic amines) is 1. The number of hydrogen-bond acceptors (Lipinski definition) is 3. The molecule has 2 amide bonds. The molecule has 0 radical (unpaired) electrons. The molecule has 1 N–H and O–H groups in total. The van der Waals surface area contributed by atoms with Crippen LogP contribution >= 0.6 is 0 Å². The van der Waals surface area contributed by atoms with Gasteiger partial charge in [0.05, 0.1) is 11.6 Å². The zero-order chi connectivity index (χ0) is 23.7. The predicted octanol–water partition coefficient (Wildman–Crippen LogP) is 5.20. The van der Waals surface area contributed by atoms with Crippen LogP contribution in [-0.2, 0) is 11.8 Å². The van der Waals surface area contributed by atoms with Crippen LogP contribution in [0.3, 0.4) is 0 Å². The van der Waals surface area contributed by atoms with E-state index in [4.69, 9.17) is 5.26 Å². The Balaban J connectivity index is 1.32. The summed E-state index contributed by atoms with van der Waals surface area (Å²) in [6, 6.07) is 14.8. The molecule has 0 spiro atoms. The highest BCUT2D eigenvalue weighted by molar-refractivity contribution is 6.05. The Morgan fingerprint density at radius 3 is 2.53 bits per heavy atom. The lowest BCUT2D eigenvalue weighted by Gasteiger charge is -2.33. The largest absolute Gasteiger partial charge is 0.350 e. The summed E-state index contributed by atoms with van der Waals surface area (Å²) in [5.74, 6) is 0.774. The maximum Gasteiger partial charge on any atom is 0.255 e. The van der Waals surface area contributed by atoms with Crippen molar-refractivity contribution in [2.75, 3.05) is 18.4 Å². The zero-order valence-electron chi connectivity index (χ0n) is 19.6. The van der Waals surface area contributed by atoms with Crippen molar-refractivity contribution in [3.8, 4) is 6.07 Å². The van der Waals surface area contributed by atoms with Gasteiger partial charge in [0.1, 0.15) is 0 Å². The molecule has 0 atom stereocenters. The van der Waals surface area contributed by atoms with Crippen LogP contribution in [0, 0.1) is 17.2 Å². The smallest absolute Gasteiger partial charge is 0.255 e.